The zero-order chi connectivity index (χ0) is 20.8. The molecule has 5 heteroatoms. The van der Waals surface area contributed by atoms with Gasteiger partial charge in [0.2, 0.25) is 0 Å². The van der Waals surface area contributed by atoms with Gasteiger partial charge in [0.25, 0.3) is 5.91 Å². The van der Waals surface area contributed by atoms with Gasteiger partial charge in [-0.2, -0.15) is 0 Å². The first-order chi connectivity index (χ1) is 14.7. The van der Waals surface area contributed by atoms with Crippen LogP contribution in [0.2, 0.25) is 0 Å². The lowest BCUT2D eigenvalue weighted by molar-refractivity contribution is -0.127. The summed E-state index contributed by atoms with van der Waals surface area (Å²) in [4.78, 5) is 14.9. The molecule has 0 bridgehead atoms. The summed E-state index contributed by atoms with van der Waals surface area (Å²) in [6.07, 6.45) is -0.563. The SMILES string of the molecule is C[C@H](Oc1ccc2ccccc2c1)C(=O)NCc1ccc(CN2CCOCC2)cc1. The smallest absolute Gasteiger partial charge is 0.261 e. The number of morpholine rings is 1. The number of nitrogens with one attached hydrogen (secondary N) is 1. The highest BCUT2D eigenvalue weighted by atomic mass is 16.5. The minimum Gasteiger partial charge on any atom is -0.481 e. The van der Waals surface area contributed by atoms with Crippen LogP contribution < -0.4 is 10.1 Å². The van der Waals surface area contributed by atoms with Gasteiger partial charge in [-0.05, 0) is 41.0 Å². The molecule has 1 heterocycles. The fourth-order valence-electron chi connectivity index (χ4n) is 3.61. The van der Waals surface area contributed by atoms with Crippen molar-refractivity contribution in [2.45, 2.75) is 26.1 Å². The molecule has 30 heavy (non-hydrogen) atoms. The second-order valence-corrected chi connectivity index (χ2v) is 7.69. The molecule has 1 amide bonds. The van der Waals surface area contributed by atoms with Crippen molar-refractivity contribution in [2.24, 2.45) is 0 Å². The second-order valence-electron chi connectivity index (χ2n) is 7.69. The Balaban J connectivity index is 1.26. The van der Waals surface area contributed by atoms with E-state index in [1.165, 1.54) is 5.56 Å². The van der Waals surface area contributed by atoms with Gasteiger partial charge in [-0.3, -0.25) is 9.69 Å². The van der Waals surface area contributed by atoms with Crippen molar-refractivity contribution in [2.75, 3.05) is 26.3 Å². The monoisotopic (exact) mass is 404 g/mol. The van der Waals surface area contributed by atoms with Crippen molar-refractivity contribution in [3.05, 3.63) is 77.9 Å². The number of fused-ring (bicyclic) bond motifs is 1. The molecule has 1 saturated heterocycles. The molecule has 0 aliphatic carbocycles. The average Bonchev–Trinajstić information content (AvgIpc) is 2.79. The minimum atomic E-state index is -0.563. The number of hydrogen-bond acceptors (Lipinski definition) is 4. The summed E-state index contributed by atoms with van der Waals surface area (Å²) in [5.74, 6) is 0.573. The van der Waals surface area contributed by atoms with E-state index >= 15 is 0 Å². The number of nitrogens with zero attached hydrogens (tertiary/aromatic N) is 1. The number of rotatable bonds is 7. The van der Waals surface area contributed by atoms with Crippen LogP contribution in [0.4, 0.5) is 0 Å². The Hall–Kier alpha value is -2.89. The summed E-state index contributed by atoms with van der Waals surface area (Å²) in [5, 5.41) is 5.21. The van der Waals surface area contributed by atoms with Crippen molar-refractivity contribution in [1.29, 1.82) is 0 Å². The van der Waals surface area contributed by atoms with Gasteiger partial charge in [-0.25, -0.2) is 0 Å². The Morgan fingerprint density at radius 3 is 2.47 bits per heavy atom. The number of hydrogen-bond donors (Lipinski definition) is 1. The molecule has 1 aliphatic rings. The fourth-order valence-corrected chi connectivity index (χ4v) is 3.61. The molecule has 156 valence electrons. The first kappa shape index (κ1) is 20.4. The van der Waals surface area contributed by atoms with Crippen LogP contribution >= 0.6 is 0 Å². The molecular weight excluding hydrogens is 376 g/mol. The standard InChI is InChI=1S/C25H28N2O3/c1-19(30-24-11-10-22-4-2-3-5-23(22)16-24)25(28)26-17-20-6-8-21(9-7-20)18-27-12-14-29-15-13-27/h2-11,16,19H,12-15,17-18H2,1H3,(H,26,28)/t19-/m0/s1. The molecule has 4 rings (SSSR count). The Labute approximate surface area is 177 Å². The molecule has 0 aromatic heterocycles. The van der Waals surface area contributed by atoms with E-state index < -0.39 is 6.10 Å². The van der Waals surface area contributed by atoms with E-state index in [0.29, 0.717) is 12.3 Å². The van der Waals surface area contributed by atoms with Gasteiger partial charge < -0.3 is 14.8 Å². The van der Waals surface area contributed by atoms with Gasteiger partial charge in [0.1, 0.15) is 5.75 Å². The highest BCUT2D eigenvalue weighted by Crippen LogP contribution is 2.21. The molecule has 1 N–H and O–H groups in total. The number of carbonyl (C=O) groups is 1. The Bertz CT molecular complexity index is 981. The lowest BCUT2D eigenvalue weighted by Crippen LogP contribution is -2.36. The van der Waals surface area contributed by atoms with Crippen LogP contribution in [0.1, 0.15) is 18.1 Å². The summed E-state index contributed by atoms with van der Waals surface area (Å²) in [6.45, 7) is 6.78. The number of carbonyl (C=O) groups excluding carboxylic acids is 1. The summed E-state index contributed by atoms with van der Waals surface area (Å²) in [5.41, 5.74) is 2.35. The van der Waals surface area contributed by atoms with Crippen LogP contribution in [-0.2, 0) is 22.6 Å². The molecule has 0 radical (unpaired) electrons. The molecule has 1 atom stereocenters. The quantitative estimate of drug-likeness (QED) is 0.652. The lowest BCUT2D eigenvalue weighted by Gasteiger charge is -2.26. The third-order valence-electron chi connectivity index (χ3n) is 5.40. The van der Waals surface area contributed by atoms with Crippen molar-refractivity contribution in [3.8, 4) is 5.75 Å². The number of ether oxygens (including phenoxy) is 2. The molecule has 1 fully saturated rings. The highest BCUT2D eigenvalue weighted by molar-refractivity contribution is 5.84. The molecule has 0 saturated carbocycles. The Morgan fingerprint density at radius 2 is 1.70 bits per heavy atom. The van der Waals surface area contributed by atoms with Crippen molar-refractivity contribution >= 4 is 16.7 Å². The van der Waals surface area contributed by atoms with Crippen LogP contribution in [0.3, 0.4) is 0 Å². The van der Waals surface area contributed by atoms with Crippen molar-refractivity contribution < 1.29 is 14.3 Å². The van der Waals surface area contributed by atoms with Gasteiger partial charge in [0.15, 0.2) is 6.10 Å². The molecule has 3 aromatic rings. The van der Waals surface area contributed by atoms with Crippen molar-refractivity contribution in [1.82, 2.24) is 10.2 Å². The van der Waals surface area contributed by atoms with Crippen LogP contribution in [-0.4, -0.2) is 43.2 Å². The molecule has 0 unspecified atom stereocenters. The summed E-state index contributed by atoms with van der Waals surface area (Å²) in [7, 11) is 0. The summed E-state index contributed by atoms with van der Waals surface area (Å²) < 4.78 is 11.2. The fraction of sp³-hybridized carbons (Fsp3) is 0.320. The van der Waals surface area contributed by atoms with Crippen LogP contribution in [0.25, 0.3) is 10.8 Å². The van der Waals surface area contributed by atoms with Crippen LogP contribution in [0.15, 0.2) is 66.7 Å². The second kappa shape index (κ2) is 9.74. The first-order valence-corrected chi connectivity index (χ1v) is 10.5. The normalized spacial score (nSPS) is 15.6. The van der Waals surface area contributed by atoms with E-state index in [4.69, 9.17) is 9.47 Å². The van der Waals surface area contributed by atoms with Gasteiger partial charge in [-0.1, -0.05) is 54.6 Å². The topological polar surface area (TPSA) is 50.8 Å². The van der Waals surface area contributed by atoms with E-state index in [1.807, 2.05) is 36.4 Å². The van der Waals surface area contributed by atoms with Gasteiger partial charge in [0, 0.05) is 26.2 Å². The zero-order valence-electron chi connectivity index (χ0n) is 17.3. The summed E-state index contributed by atoms with van der Waals surface area (Å²) in [6, 6.07) is 22.4. The Morgan fingerprint density at radius 1 is 1.00 bits per heavy atom. The van der Waals surface area contributed by atoms with Gasteiger partial charge in [-0.15, -0.1) is 0 Å². The molecule has 5 nitrogen and oxygen atoms in total. The highest BCUT2D eigenvalue weighted by Gasteiger charge is 2.15. The summed E-state index contributed by atoms with van der Waals surface area (Å²) >= 11 is 0. The number of amides is 1. The van der Waals surface area contributed by atoms with E-state index in [9.17, 15) is 4.79 Å². The molecule has 3 aromatic carbocycles. The number of benzene rings is 3. The third-order valence-corrected chi connectivity index (χ3v) is 5.40. The van der Waals surface area contributed by atoms with Crippen LogP contribution in [0, 0.1) is 0 Å². The lowest BCUT2D eigenvalue weighted by atomic mass is 10.1. The van der Waals surface area contributed by atoms with Gasteiger partial charge >= 0.3 is 0 Å². The maximum atomic E-state index is 12.5. The first-order valence-electron chi connectivity index (χ1n) is 10.5. The van der Waals surface area contributed by atoms with Gasteiger partial charge in [0.05, 0.1) is 13.2 Å². The third kappa shape index (κ3) is 5.38. The van der Waals surface area contributed by atoms with E-state index in [2.05, 4.69) is 40.5 Å². The maximum absolute atomic E-state index is 12.5. The molecular formula is C25H28N2O3. The predicted octanol–water partition coefficient (Wildman–Crippen LogP) is 3.76. The van der Waals surface area contributed by atoms with Crippen LogP contribution in [0.5, 0.6) is 5.75 Å². The molecule has 1 aliphatic heterocycles. The maximum Gasteiger partial charge on any atom is 0.261 e. The molecule has 0 spiro atoms. The average molecular weight is 405 g/mol. The zero-order valence-corrected chi connectivity index (χ0v) is 17.3. The minimum absolute atomic E-state index is 0.124. The van der Waals surface area contributed by atoms with E-state index in [-0.39, 0.29) is 5.91 Å². The largest absolute Gasteiger partial charge is 0.481 e. The van der Waals surface area contributed by atoms with E-state index in [1.54, 1.807) is 6.92 Å². The Kier molecular flexibility index (Phi) is 6.62. The van der Waals surface area contributed by atoms with E-state index in [0.717, 1.165) is 49.2 Å². The van der Waals surface area contributed by atoms with Crippen molar-refractivity contribution in [3.63, 3.8) is 0 Å². The predicted molar refractivity (Wildman–Crippen MR) is 118 cm³/mol.